The fourth-order valence-electron chi connectivity index (χ4n) is 0.640. The molecule has 0 bridgehead atoms. The highest BCUT2D eigenvalue weighted by Crippen LogP contribution is 2.26. The van der Waals surface area contributed by atoms with Crippen molar-refractivity contribution in [3.05, 3.63) is 20.9 Å². The maximum absolute atomic E-state index is 5.88. The summed E-state index contributed by atoms with van der Waals surface area (Å²) in [4.78, 5) is 3.97. The molecule has 2 nitrogen and oxygen atoms in total. The fourth-order valence-corrected chi connectivity index (χ4v) is 1.20. The number of halogens is 2. The van der Waals surface area contributed by atoms with Crippen molar-refractivity contribution in [3.63, 3.8) is 0 Å². The summed E-state index contributed by atoms with van der Waals surface area (Å²) in [5.41, 5.74) is 0. The van der Waals surface area contributed by atoms with E-state index in [1.807, 2.05) is 13.0 Å². The topological polar surface area (TPSA) is 22.1 Å². The van der Waals surface area contributed by atoms with Gasteiger partial charge < -0.3 is 4.74 Å². The molecule has 0 unspecified atom stereocenters. The molecule has 60 valence electrons. The molecule has 0 N–H and O–H groups in total. The Kier molecular flexibility index (Phi) is 3.39. The summed E-state index contributed by atoms with van der Waals surface area (Å²) >= 11 is 8.01. The SMILES string of the molecule is CCOc1nccc(I)c1Cl. The minimum atomic E-state index is 0.515. The van der Waals surface area contributed by atoms with E-state index in [1.54, 1.807) is 6.20 Å². The van der Waals surface area contributed by atoms with Crippen molar-refractivity contribution < 1.29 is 4.74 Å². The van der Waals surface area contributed by atoms with Crippen LogP contribution in [0.5, 0.6) is 5.88 Å². The molecule has 1 rings (SSSR count). The van der Waals surface area contributed by atoms with Crippen molar-refractivity contribution in [2.75, 3.05) is 6.61 Å². The molecule has 0 aliphatic carbocycles. The highest BCUT2D eigenvalue weighted by Gasteiger charge is 2.04. The smallest absolute Gasteiger partial charge is 0.233 e. The fraction of sp³-hybridized carbons (Fsp3) is 0.286. The van der Waals surface area contributed by atoms with Gasteiger partial charge in [-0.3, -0.25) is 0 Å². The maximum atomic E-state index is 5.88. The first-order chi connectivity index (χ1) is 5.25. The second-order valence-electron chi connectivity index (χ2n) is 1.84. The number of aromatic nitrogens is 1. The minimum Gasteiger partial charge on any atom is -0.477 e. The molecule has 0 aromatic carbocycles. The highest BCUT2D eigenvalue weighted by atomic mass is 127. The maximum Gasteiger partial charge on any atom is 0.233 e. The van der Waals surface area contributed by atoms with Crippen LogP contribution in [0.4, 0.5) is 0 Å². The lowest BCUT2D eigenvalue weighted by Gasteiger charge is -2.03. The van der Waals surface area contributed by atoms with Gasteiger partial charge in [-0.05, 0) is 35.6 Å². The van der Waals surface area contributed by atoms with Crippen LogP contribution in [-0.4, -0.2) is 11.6 Å². The lowest BCUT2D eigenvalue weighted by atomic mass is 10.5. The first-order valence-electron chi connectivity index (χ1n) is 3.18. The predicted molar refractivity (Wildman–Crippen MR) is 53.1 cm³/mol. The Morgan fingerprint density at radius 3 is 3.09 bits per heavy atom. The normalized spacial score (nSPS) is 9.73. The van der Waals surface area contributed by atoms with Gasteiger partial charge in [-0.2, -0.15) is 0 Å². The van der Waals surface area contributed by atoms with Gasteiger partial charge in [0.25, 0.3) is 0 Å². The Labute approximate surface area is 84.1 Å². The molecular formula is C7H7ClINO. The largest absolute Gasteiger partial charge is 0.477 e. The molecule has 4 heteroatoms. The monoisotopic (exact) mass is 283 g/mol. The summed E-state index contributed by atoms with van der Waals surface area (Å²) in [5, 5.41) is 0.593. The van der Waals surface area contributed by atoms with Gasteiger partial charge in [0.1, 0.15) is 5.02 Å². The van der Waals surface area contributed by atoms with Gasteiger partial charge in [0.2, 0.25) is 5.88 Å². The molecule has 1 heterocycles. The molecular weight excluding hydrogens is 276 g/mol. The van der Waals surface area contributed by atoms with E-state index in [4.69, 9.17) is 16.3 Å². The standard InChI is InChI=1S/C7H7ClINO/c1-2-11-7-6(8)5(9)3-4-10-7/h3-4H,2H2,1H3. The Bertz CT molecular complexity index is 254. The quantitative estimate of drug-likeness (QED) is 0.779. The van der Waals surface area contributed by atoms with E-state index >= 15 is 0 Å². The third kappa shape index (κ3) is 2.20. The number of pyridine rings is 1. The van der Waals surface area contributed by atoms with E-state index < -0.39 is 0 Å². The number of hydrogen-bond donors (Lipinski definition) is 0. The first-order valence-corrected chi connectivity index (χ1v) is 4.64. The summed E-state index contributed by atoms with van der Waals surface area (Å²) in [6.07, 6.45) is 1.68. The molecule has 0 amide bonds. The Balaban J connectivity index is 2.96. The summed E-state index contributed by atoms with van der Waals surface area (Å²) in [5.74, 6) is 0.515. The van der Waals surface area contributed by atoms with E-state index in [2.05, 4.69) is 27.6 Å². The molecule has 1 aromatic heterocycles. The first kappa shape index (κ1) is 9.06. The van der Waals surface area contributed by atoms with Gasteiger partial charge in [-0.25, -0.2) is 4.98 Å². The Hall–Kier alpha value is -0.0300. The van der Waals surface area contributed by atoms with Gasteiger partial charge in [-0.15, -0.1) is 0 Å². The third-order valence-corrected chi connectivity index (χ3v) is 2.67. The van der Waals surface area contributed by atoms with Crippen LogP contribution in [-0.2, 0) is 0 Å². The molecule has 0 spiro atoms. The number of ether oxygens (including phenoxy) is 1. The average Bonchev–Trinajstić information content (AvgIpc) is 1.99. The van der Waals surface area contributed by atoms with Crippen LogP contribution in [0, 0.1) is 3.57 Å². The summed E-state index contributed by atoms with van der Waals surface area (Å²) < 4.78 is 6.13. The van der Waals surface area contributed by atoms with E-state index in [0.717, 1.165) is 3.57 Å². The second-order valence-corrected chi connectivity index (χ2v) is 3.39. The van der Waals surface area contributed by atoms with Crippen LogP contribution in [0.25, 0.3) is 0 Å². The van der Waals surface area contributed by atoms with Gasteiger partial charge in [0, 0.05) is 9.77 Å². The van der Waals surface area contributed by atoms with Gasteiger partial charge in [0.05, 0.1) is 6.61 Å². The molecule has 0 aliphatic heterocycles. The lowest BCUT2D eigenvalue weighted by molar-refractivity contribution is 0.327. The summed E-state index contributed by atoms with van der Waals surface area (Å²) in [7, 11) is 0. The van der Waals surface area contributed by atoms with Crippen molar-refractivity contribution in [1.82, 2.24) is 4.98 Å². The molecule has 0 fully saturated rings. The number of rotatable bonds is 2. The molecule has 11 heavy (non-hydrogen) atoms. The van der Waals surface area contributed by atoms with Gasteiger partial charge >= 0.3 is 0 Å². The average molecular weight is 283 g/mol. The highest BCUT2D eigenvalue weighted by molar-refractivity contribution is 14.1. The van der Waals surface area contributed by atoms with Crippen LogP contribution >= 0.6 is 34.2 Å². The van der Waals surface area contributed by atoms with Crippen LogP contribution in [0.15, 0.2) is 12.3 Å². The Morgan fingerprint density at radius 1 is 1.73 bits per heavy atom. The molecule has 0 radical (unpaired) electrons. The van der Waals surface area contributed by atoms with Gasteiger partial charge in [0.15, 0.2) is 0 Å². The molecule has 0 saturated carbocycles. The second kappa shape index (κ2) is 4.11. The van der Waals surface area contributed by atoms with Crippen molar-refractivity contribution in [2.45, 2.75) is 6.92 Å². The zero-order valence-corrected chi connectivity index (χ0v) is 8.89. The minimum absolute atomic E-state index is 0.515. The van der Waals surface area contributed by atoms with Crippen molar-refractivity contribution in [2.24, 2.45) is 0 Å². The van der Waals surface area contributed by atoms with E-state index in [-0.39, 0.29) is 0 Å². The number of hydrogen-bond acceptors (Lipinski definition) is 2. The third-order valence-electron chi connectivity index (χ3n) is 1.09. The Morgan fingerprint density at radius 2 is 2.45 bits per heavy atom. The van der Waals surface area contributed by atoms with Crippen LogP contribution in [0.3, 0.4) is 0 Å². The van der Waals surface area contributed by atoms with Crippen LogP contribution < -0.4 is 4.74 Å². The zero-order valence-electron chi connectivity index (χ0n) is 5.97. The van der Waals surface area contributed by atoms with Crippen molar-refractivity contribution in [1.29, 1.82) is 0 Å². The van der Waals surface area contributed by atoms with E-state index in [0.29, 0.717) is 17.5 Å². The van der Waals surface area contributed by atoms with Crippen molar-refractivity contribution in [3.8, 4) is 5.88 Å². The molecule has 1 aromatic rings. The van der Waals surface area contributed by atoms with E-state index in [1.165, 1.54) is 0 Å². The molecule has 0 saturated heterocycles. The number of nitrogens with zero attached hydrogens (tertiary/aromatic N) is 1. The lowest BCUT2D eigenvalue weighted by Crippen LogP contribution is -1.95. The van der Waals surface area contributed by atoms with Crippen molar-refractivity contribution >= 4 is 34.2 Å². The predicted octanol–water partition coefficient (Wildman–Crippen LogP) is 2.74. The van der Waals surface area contributed by atoms with Crippen LogP contribution in [0.1, 0.15) is 6.92 Å². The van der Waals surface area contributed by atoms with E-state index in [9.17, 15) is 0 Å². The molecule has 0 aliphatic rings. The zero-order chi connectivity index (χ0) is 8.27. The summed E-state index contributed by atoms with van der Waals surface area (Å²) in [6, 6.07) is 1.84. The van der Waals surface area contributed by atoms with Gasteiger partial charge in [-0.1, -0.05) is 11.6 Å². The van der Waals surface area contributed by atoms with Crippen LogP contribution in [0.2, 0.25) is 5.02 Å². The molecule has 0 atom stereocenters. The summed E-state index contributed by atoms with van der Waals surface area (Å²) in [6.45, 7) is 2.49.